The first-order valence-electron chi connectivity index (χ1n) is 8.38. The van der Waals surface area contributed by atoms with Gasteiger partial charge in [-0.3, -0.25) is 0 Å². The van der Waals surface area contributed by atoms with Crippen LogP contribution >= 0.6 is 0 Å². The summed E-state index contributed by atoms with van der Waals surface area (Å²) in [6, 6.07) is 4.78. The van der Waals surface area contributed by atoms with E-state index >= 15 is 0 Å². The second kappa shape index (κ2) is 8.25. The highest BCUT2D eigenvalue weighted by Crippen LogP contribution is 2.30. The topological polar surface area (TPSA) is 107 Å². The van der Waals surface area contributed by atoms with Crippen LogP contribution < -0.4 is 9.47 Å². The minimum atomic E-state index is -4.65. The Labute approximate surface area is 157 Å². The number of ether oxygens (including phenoxy) is 3. The van der Waals surface area contributed by atoms with Gasteiger partial charge in [0, 0.05) is 18.5 Å². The Bertz CT molecular complexity index is 780. The molecule has 2 aromatic heterocycles. The molecule has 5 atom stereocenters. The summed E-state index contributed by atoms with van der Waals surface area (Å²) in [5, 5.41) is 20.4. The molecule has 0 aromatic carbocycles. The molecule has 3 heterocycles. The van der Waals surface area contributed by atoms with Gasteiger partial charge >= 0.3 is 12.2 Å². The zero-order valence-corrected chi connectivity index (χ0v) is 14.7. The highest BCUT2D eigenvalue weighted by atomic mass is 19.4. The van der Waals surface area contributed by atoms with E-state index in [1.807, 2.05) is 0 Å². The van der Waals surface area contributed by atoms with Crippen LogP contribution in [0.5, 0.6) is 11.9 Å². The summed E-state index contributed by atoms with van der Waals surface area (Å²) in [7, 11) is 0. The number of aliphatic hydroxyl groups is 2. The molecule has 2 N–H and O–H groups in total. The number of alkyl halides is 3. The standard InChI is InChI=1S/C17H18F3N3O5/c1-9-13(24)14(25)15(10(27-9)8-26-16-21-6-3-7-22-16)28-12-5-2-4-11(23-12)17(18,19)20/h2-7,9-10,13-15,24-25H,8H2,1H3/t9-,10-,13+,14+,15+/m1/s1. The van der Waals surface area contributed by atoms with Gasteiger partial charge in [-0.05, 0) is 19.1 Å². The molecule has 152 valence electrons. The predicted molar refractivity (Wildman–Crippen MR) is 87.5 cm³/mol. The van der Waals surface area contributed by atoms with E-state index in [-0.39, 0.29) is 18.5 Å². The van der Waals surface area contributed by atoms with Crippen LogP contribution in [0.15, 0.2) is 36.7 Å². The van der Waals surface area contributed by atoms with E-state index in [1.54, 1.807) is 13.0 Å². The van der Waals surface area contributed by atoms with Crippen LogP contribution in [0, 0.1) is 0 Å². The molecule has 0 saturated carbocycles. The Kier molecular flexibility index (Phi) is 5.96. The van der Waals surface area contributed by atoms with Gasteiger partial charge in [0.05, 0.1) is 6.10 Å². The molecule has 28 heavy (non-hydrogen) atoms. The molecule has 0 unspecified atom stereocenters. The maximum absolute atomic E-state index is 12.9. The number of hydrogen-bond acceptors (Lipinski definition) is 8. The Balaban J connectivity index is 1.78. The summed E-state index contributed by atoms with van der Waals surface area (Å²) in [6.45, 7) is 1.38. The van der Waals surface area contributed by atoms with Crippen LogP contribution in [-0.2, 0) is 10.9 Å². The molecular weight excluding hydrogens is 383 g/mol. The summed E-state index contributed by atoms with van der Waals surface area (Å²) in [5.74, 6) is -0.370. The van der Waals surface area contributed by atoms with E-state index in [0.29, 0.717) is 0 Å². The molecule has 0 bridgehead atoms. The third-order valence-electron chi connectivity index (χ3n) is 4.11. The fourth-order valence-corrected chi connectivity index (χ4v) is 2.70. The Morgan fingerprint density at radius 2 is 1.82 bits per heavy atom. The molecule has 0 radical (unpaired) electrons. The van der Waals surface area contributed by atoms with Crippen LogP contribution in [0.2, 0.25) is 0 Å². The smallest absolute Gasteiger partial charge is 0.433 e. The van der Waals surface area contributed by atoms with Crippen LogP contribution in [-0.4, -0.2) is 62.3 Å². The monoisotopic (exact) mass is 401 g/mol. The van der Waals surface area contributed by atoms with Crippen LogP contribution in [0.25, 0.3) is 0 Å². The molecule has 2 aromatic rings. The molecule has 0 amide bonds. The van der Waals surface area contributed by atoms with Crippen molar-refractivity contribution in [2.75, 3.05) is 6.61 Å². The average molecular weight is 401 g/mol. The van der Waals surface area contributed by atoms with Gasteiger partial charge < -0.3 is 24.4 Å². The molecule has 0 spiro atoms. The van der Waals surface area contributed by atoms with Crippen molar-refractivity contribution in [2.24, 2.45) is 0 Å². The van der Waals surface area contributed by atoms with Crippen molar-refractivity contribution in [3.63, 3.8) is 0 Å². The molecule has 1 aliphatic rings. The van der Waals surface area contributed by atoms with Gasteiger partial charge in [0.2, 0.25) is 5.88 Å². The molecule has 1 fully saturated rings. The summed E-state index contributed by atoms with van der Waals surface area (Å²) in [4.78, 5) is 11.2. The van der Waals surface area contributed by atoms with Crippen LogP contribution in [0.1, 0.15) is 12.6 Å². The fraction of sp³-hybridized carbons (Fsp3) is 0.471. The molecule has 3 rings (SSSR count). The van der Waals surface area contributed by atoms with Crippen molar-refractivity contribution in [2.45, 2.75) is 43.6 Å². The lowest BCUT2D eigenvalue weighted by molar-refractivity contribution is -0.216. The van der Waals surface area contributed by atoms with Crippen LogP contribution in [0.4, 0.5) is 13.2 Å². The van der Waals surface area contributed by atoms with Crippen molar-refractivity contribution in [1.82, 2.24) is 15.0 Å². The molecule has 1 aliphatic heterocycles. The van der Waals surface area contributed by atoms with E-state index in [4.69, 9.17) is 14.2 Å². The van der Waals surface area contributed by atoms with Crippen LogP contribution in [0.3, 0.4) is 0 Å². The second-order valence-corrected chi connectivity index (χ2v) is 6.14. The maximum Gasteiger partial charge on any atom is 0.433 e. The number of rotatable bonds is 5. The first kappa shape index (κ1) is 20.2. The van der Waals surface area contributed by atoms with Crippen molar-refractivity contribution in [3.8, 4) is 11.9 Å². The Morgan fingerprint density at radius 1 is 1.11 bits per heavy atom. The molecule has 11 heteroatoms. The van der Waals surface area contributed by atoms with Gasteiger partial charge in [-0.25, -0.2) is 15.0 Å². The van der Waals surface area contributed by atoms with Gasteiger partial charge in [-0.2, -0.15) is 13.2 Å². The van der Waals surface area contributed by atoms with Crippen molar-refractivity contribution in [1.29, 1.82) is 0 Å². The average Bonchev–Trinajstić information content (AvgIpc) is 2.67. The largest absolute Gasteiger partial charge is 0.469 e. The van der Waals surface area contributed by atoms with E-state index in [9.17, 15) is 23.4 Å². The zero-order chi connectivity index (χ0) is 20.3. The number of halogens is 3. The van der Waals surface area contributed by atoms with Gasteiger partial charge in [0.25, 0.3) is 0 Å². The van der Waals surface area contributed by atoms with E-state index in [1.165, 1.54) is 18.5 Å². The first-order valence-corrected chi connectivity index (χ1v) is 8.38. The third kappa shape index (κ3) is 4.66. The molecule has 0 aliphatic carbocycles. The fourth-order valence-electron chi connectivity index (χ4n) is 2.70. The quantitative estimate of drug-likeness (QED) is 0.771. The maximum atomic E-state index is 12.9. The zero-order valence-electron chi connectivity index (χ0n) is 14.7. The van der Waals surface area contributed by atoms with Crippen molar-refractivity contribution in [3.05, 3.63) is 42.4 Å². The van der Waals surface area contributed by atoms with E-state index in [0.717, 1.165) is 12.1 Å². The van der Waals surface area contributed by atoms with Crippen molar-refractivity contribution < 1.29 is 37.6 Å². The number of pyridine rings is 1. The Morgan fingerprint density at radius 3 is 2.50 bits per heavy atom. The predicted octanol–water partition coefficient (Wildman–Crippen LogP) is 1.23. The minimum absolute atomic E-state index is 0.0512. The lowest BCUT2D eigenvalue weighted by Gasteiger charge is -2.41. The Hall–Kier alpha value is -2.50. The van der Waals surface area contributed by atoms with Crippen molar-refractivity contribution >= 4 is 0 Å². The summed E-state index contributed by atoms with van der Waals surface area (Å²) < 4.78 is 55.0. The van der Waals surface area contributed by atoms with Gasteiger partial charge in [0.1, 0.15) is 30.6 Å². The summed E-state index contributed by atoms with van der Waals surface area (Å²) >= 11 is 0. The number of hydrogen-bond donors (Lipinski definition) is 2. The van der Waals surface area contributed by atoms with Gasteiger partial charge in [-0.15, -0.1) is 0 Å². The SMILES string of the molecule is C[C@H]1O[C@H](COc2ncccn2)[C@H](Oc2cccc(C(F)(F)F)n2)[C@@H](O)[C@H]1O. The van der Waals surface area contributed by atoms with Gasteiger partial charge in [-0.1, -0.05) is 6.07 Å². The number of aliphatic hydroxyl groups excluding tert-OH is 2. The molecular formula is C17H18F3N3O5. The molecule has 8 nitrogen and oxygen atoms in total. The highest BCUT2D eigenvalue weighted by Gasteiger charge is 2.45. The number of aromatic nitrogens is 3. The third-order valence-corrected chi connectivity index (χ3v) is 4.11. The van der Waals surface area contributed by atoms with Gasteiger partial charge in [0.15, 0.2) is 6.10 Å². The molecule has 1 saturated heterocycles. The first-order chi connectivity index (χ1) is 13.3. The lowest BCUT2D eigenvalue weighted by atomic mass is 9.96. The summed E-state index contributed by atoms with van der Waals surface area (Å²) in [6.07, 6.45) is -7.38. The van der Waals surface area contributed by atoms with E-state index < -0.39 is 42.4 Å². The minimum Gasteiger partial charge on any atom is -0.469 e. The normalized spacial score (nSPS) is 28.0. The van der Waals surface area contributed by atoms with E-state index in [2.05, 4.69) is 15.0 Å². The second-order valence-electron chi connectivity index (χ2n) is 6.14. The number of nitrogens with zero attached hydrogens (tertiary/aromatic N) is 3. The summed E-state index contributed by atoms with van der Waals surface area (Å²) in [5.41, 5.74) is -1.14. The lowest BCUT2D eigenvalue weighted by Crippen LogP contribution is -2.60. The highest BCUT2D eigenvalue weighted by molar-refractivity contribution is 5.18.